The molecule has 0 atom stereocenters. The van der Waals surface area contributed by atoms with Crippen LogP contribution in [0.4, 0.5) is 0 Å². The number of carbonyl (C=O) groups is 1. The van der Waals surface area contributed by atoms with Gasteiger partial charge >= 0.3 is 0 Å². The van der Waals surface area contributed by atoms with Crippen LogP contribution in [0, 0.1) is 20.8 Å². The van der Waals surface area contributed by atoms with Crippen LogP contribution in [0.1, 0.15) is 40.1 Å². The van der Waals surface area contributed by atoms with E-state index in [1.54, 1.807) is 5.51 Å². The number of nitrogens with one attached hydrogen (secondary N) is 3. The van der Waals surface area contributed by atoms with E-state index in [9.17, 15) is 4.79 Å². The van der Waals surface area contributed by atoms with Crippen LogP contribution in [-0.4, -0.2) is 52.8 Å². The molecule has 0 fully saturated rings. The highest BCUT2D eigenvalue weighted by Gasteiger charge is 2.10. The van der Waals surface area contributed by atoms with Crippen molar-refractivity contribution in [2.24, 2.45) is 4.99 Å². The number of carbonyl (C=O) groups excluding carboxylic acids is 1. The van der Waals surface area contributed by atoms with Crippen LogP contribution >= 0.6 is 35.3 Å². The third-order valence-corrected chi connectivity index (χ3v) is 4.83. The van der Waals surface area contributed by atoms with Crippen molar-refractivity contribution in [3.05, 3.63) is 33.5 Å². The summed E-state index contributed by atoms with van der Waals surface area (Å²) in [5.41, 5.74) is 4.67. The van der Waals surface area contributed by atoms with Crippen LogP contribution in [0.25, 0.3) is 0 Å². The Kier molecular flexibility index (Phi) is 11.0. The number of guanidine groups is 1. The number of nitrogens with zero attached hydrogens (tertiary/aromatic N) is 4. The van der Waals surface area contributed by atoms with E-state index in [1.165, 1.54) is 17.0 Å². The first kappa shape index (κ1) is 24.3. The summed E-state index contributed by atoms with van der Waals surface area (Å²) in [7, 11) is 0. The van der Waals surface area contributed by atoms with Gasteiger partial charge in [0.2, 0.25) is 0 Å². The molecule has 2 rings (SSSR count). The van der Waals surface area contributed by atoms with Gasteiger partial charge in [-0.25, -0.2) is 4.98 Å². The van der Waals surface area contributed by atoms with Gasteiger partial charge in [-0.3, -0.25) is 14.5 Å². The van der Waals surface area contributed by atoms with E-state index < -0.39 is 0 Å². The van der Waals surface area contributed by atoms with E-state index in [4.69, 9.17) is 0 Å². The third-order valence-electron chi connectivity index (χ3n) is 3.90. The van der Waals surface area contributed by atoms with Gasteiger partial charge in [-0.2, -0.15) is 5.10 Å². The van der Waals surface area contributed by atoms with Crippen molar-refractivity contribution < 1.29 is 4.79 Å². The Hall–Kier alpha value is -1.69. The second kappa shape index (κ2) is 12.7. The van der Waals surface area contributed by atoms with Crippen molar-refractivity contribution >= 4 is 47.2 Å². The zero-order valence-electron chi connectivity index (χ0n) is 16.9. The minimum atomic E-state index is -0.0800. The molecule has 2 aromatic heterocycles. The summed E-state index contributed by atoms with van der Waals surface area (Å²) in [6.07, 6.45) is 0.917. The maximum Gasteiger partial charge on any atom is 0.263 e. The number of hydrogen-bond donors (Lipinski definition) is 3. The Morgan fingerprint density at radius 3 is 2.57 bits per heavy atom. The van der Waals surface area contributed by atoms with Gasteiger partial charge in [0.05, 0.1) is 16.9 Å². The normalized spacial score (nSPS) is 11.1. The Morgan fingerprint density at radius 1 is 1.21 bits per heavy atom. The van der Waals surface area contributed by atoms with Crippen molar-refractivity contribution in [1.82, 2.24) is 30.7 Å². The van der Waals surface area contributed by atoms with Gasteiger partial charge < -0.3 is 16.0 Å². The quantitative estimate of drug-likeness (QED) is 0.205. The number of amides is 1. The van der Waals surface area contributed by atoms with Crippen molar-refractivity contribution in [2.75, 3.05) is 26.2 Å². The molecule has 0 aliphatic carbocycles. The highest BCUT2D eigenvalue weighted by molar-refractivity contribution is 14.0. The largest absolute Gasteiger partial charge is 0.357 e. The fourth-order valence-corrected chi connectivity index (χ4v) is 3.33. The lowest BCUT2D eigenvalue weighted by Gasteiger charge is -2.12. The first-order chi connectivity index (χ1) is 13.0. The van der Waals surface area contributed by atoms with Crippen molar-refractivity contribution in [3.8, 4) is 0 Å². The Morgan fingerprint density at radius 2 is 1.96 bits per heavy atom. The van der Waals surface area contributed by atoms with Gasteiger partial charge in [0, 0.05) is 38.4 Å². The topological polar surface area (TPSA) is 96.2 Å². The summed E-state index contributed by atoms with van der Waals surface area (Å²) in [4.78, 5) is 21.4. The van der Waals surface area contributed by atoms with E-state index in [0.717, 1.165) is 36.9 Å². The summed E-state index contributed by atoms with van der Waals surface area (Å²) in [6.45, 7) is 11.4. The molecule has 1 amide bonds. The van der Waals surface area contributed by atoms with Gasteiger partial charge in [0.1, 0.15) is 4.88 Å². The molecule has 0 spiro atoms. The summed E-state index contributed by atoms with van der Waals surface area (Å²) >= 11 is 1.36. The summed E-state index contributed by atoms with van der Waals surface area (Å²) in [6, 6.07) is 2.08. The first-order valence-electron chi connectivity index (χ1n) is 9.22. The van der Waals surface area contributed by atoms with Crippen LogP contribution in [-0.2, 0) is 6.54 Å². The van der Waals surface area contributed by atoms with Crippen LogP contribution in [0.5, 0.6) is 0 Å². The molecule has 0 saturated heterocycles. The number of rotatable bonds is 9. The molecule has 0 aliphatic heterocycles. The maximum absolute atomic E-state index is 12.0. The smallest absolute Gasteiger partial charge is 0.263 e. The van der Waals surface area contributed by atoms with E-state index in [0.29, 0.717) is 24.5 Å². The van der Waals surface area contributed by atoms with Crippen molar-refractivity contribution in [3.63, 3.8) is 0 Å². The fourth-order valence-electron chi connectivity index (χ4n) is 2.61. The molecule has 0 bridgehead atoms. The molecule has 3 N–H and O–H groups in total. The third kappa shape index (κ3) is 7.74. The predicted molar refractivity (Wildman–Crippen MR) is 125 cm³/mol. The number of halogens is 1. The monoisotopic (exact) mass is 519 g/mol. The summed E-state index contributed by atoms with van der Waals surface area (Å²) in [5.74, 6) is 0.678. The van der Waals surface area contributed by atoms with E-state index in [1.807, 2.05) is 25.5 Å². The lowest BCUT2D eigenvalue weighted by Crippen LogP contribution is -2.41. The Bertz CT molecular complexity index is 772. The van der Waals surface area contributed by atoms with Crippen LogP contribution in [0.3, 0.4) is 0 Å². The van der Waals surface area contributed by atoms with E-state index in [-0.39, 0.29) is 29.9 Å². The Labute approximate surface area is 187 Å². The first-order valence-corrected chi connectivity index (χ1v) is 10.1. The summed E-state index contributed by atoms with van der Waals surface area (Å²) < 4.78 is 2.02. The molecule has 0 radical (unpaired) electrons. The van der Waals surface area contributed by atoms with Gasteiger partial charge in [0.15, 0.2) is 5.96 Å². The molecule has 0 saturated carbocycles. The highest BCUT2D eigenvalue weighted by atomic mass is 127. The molecule has 10 heteroatoms. The number of aliphatic imine (C=N–C) groups is 1. The molecule has 28 heavy (non-hydrogen) atoms. The fraction of sp³-hybridized carbons (Fsp3) is 0.556. The number of thiazole rings is 1. The average Bonchev–Trinajstić information content (AvgIpc) is 3.19. The molecule has 2 aromatic rings. The minimum Gasteiger partial charge on any atom is -0.357 e. The average molecular weight is 519 g/mol. The minimum absolute atomic E-state index is 0. The number of aromatic nitrogens is 3. The predicted octanol–water partition coefficient (Wildman–Crippen LogP) is 2.26. The van der Waals surface area contributed by atoms with Gasteiger partial charge in [-0.15, -0.1) is 35.3 Å². The lowest BCUT2D eigenvalue weighted by atomic mass is 10.4. The molecular weight excluding hydrogens is 489 g/mol. The molecule has 0 aliphatic rings. The highest BCUT2D eigenvalue weighted by Crippen LogP contribution is 2.11. The second-order valence-electron chi connectivity index (χ2n) is 6.21. The van der Waals surface area contributed by atoms with Crippen LogP contribution in [0.15, 0.2) is 16.6 Å². The van der Waals surface area contributed by atoms with Crippen molar-refractivity contribution in [1.29, 1.82) is 0 Å². The molecule has 156 valence electrons. The molecule has 0 unspecified atom stereocenters. The molecule has 0 aromatic carbocycles. The lowest BCUT2D eigenvalue weighted by molar-refractivity contribution is 0.0957. The van der Waals surface area contributed by atoms with E-state index >= 15 is 0 Å². The van der Waals surface area contributed by atoms with Gasteiger partial charge in [-0.1, -0.05) is 0 Å². The molecule has 8 nitrogen and oxygen atoms in total. The van der Waals surface area contributed by atoms with Crippen LogP contribution < -0.4 is 16.0 Å². The zero-order valence-corrected chi connectivity index (χ0v) is 20.1. The number of hydrogen-bond acceptors (Lipinski definition) is 5. The zero-order chi connectivity index (χ0) is 19.6. The Balaban J connectivity index is 0.00000392. The maximum atomic E-state index is 12.0. The number of aryl methyl sites for hydroxylation is 4. The standard InChI is InChI=1S/C18H29N7OS.HI/c1-5-19-18(21-7-6-10-25-14(3)11-13(2)24-25)22-9-8-20-17(26)16-15(4)23-12-27-16;/h11-12H,5-10H2,1-4H3,(H,20,26)(H2,19,21,22);1H. The van der Waals surface area contributed by atoms with Crippen molar-refractivity contribution in [2.45, 2.75) is 40.7 Å². The van der Waals surface area contributed by atoms with Gasteiger partial charge in [-0.05, 0) is 40.2 Å². The van der Waals surface area contributed by atoms with Crippen LogP contribution in [0.2, 0.25) is 0 Å². The molecular formula is C18H30IN7OS. The molecule has 2 heterocycles. The van der Waals surface area contributed by atoms with Gasteiger partial charge in [0.25, 0.3) is 5.91 Å². The summed E-state index contributed by atoms with van der Waals surface area (Å²) in [5, 5.41) is 13.8. The SMILES string of the molecule is CCNC(=NCCCn1nc(C)cc1C)NCCNC(=O)c1scnc1C.I. The van der Waals surface area contributed by atoms with E-state index in [2.05, 4.69) is 44.0 Å². The second-order valence-corrected chi connectivity index (χ2v) is 7.07.